The van der Waals surface area contributed by atoms with E-state index >= 15 is 0 Å². The summed E-state index contributed by atoms with van der Waals surface area (Å²) in [4.78, 5) is 21.3. The van der Waals surface area contributed by atoms with Crippen LogP contribution in [-0.4, -0.2) is 22.2 Å². The molecule has 0 heterocycles. The molecule has 7 heteroatoms. The normalized spacial score (nSPS) is 9.93. The third-order valence-electron chi connectivity index (χ3n) is 4.22. The summed E-state index contributed by atoms with van der Waals surface area (Å²) in [5, 5.41) is 43.1. The second kappa shape index (κ2) is 9.17. The Labute approximate surface area is 178 Å². The molecule has 6 nitrogen and oxygen atoms in total. The molecule has 0 amide bonds. The molecule has 0 spiro atoms. The molecule has 0 saturated carbocycles. The number of fused-ring (bicyclic) bond motifs is 2. The first-order chi connectivity index (χ1) is 13.4. The molecule has 4 rings (SSSR count). The number of hydrogen-bond donors (Lipinski definition) is 2. The van der Waals surface area contributed by atoms with Gasteiger partial charge in [-0.2, -0.15) is 0 Å². The van der Waals surface area contributed by atoms with E-state index in [-0.39, 0.29) is 30.6 Å². The third-order valence-corrected chi connectivity index (χ3v) is 4.22. The predicted octanol–water partition coefficient (Wildman–Crippen LogP) is 3.22. The van der Waals surface area contributed by atoms with Crippen LogP contribution in [0.2, 0.25) is 0 Å². The Balaban J connectivity index is 0.000000200. The molecule has 0 aliphatic heterocycles. The number of hydrogen-bond acceptors (Lipinski definition) is 4. The molecule has 0 unspecified atom stereocenters. The van der Waals surface area contributed by atoms with Gasteiger partial charge in [0.05, 0.1) is 11.1 Å². The summed E-state index contributed by atoms with van der Waals surface area (Å²) >= 11 is 0. The summed E-state index contributed by atoms with van der Waals surface area (Å²) in [6.07, 6.45) is 0. The van der Waals surface area contributed by atoms with E-state index in [0.29, 0.717) is 10.8 Å². The molecule has 0 bridgehead atoms. The van der Waals surface area contributed by atoms with Crippen LogP contribution in [0, 0.1) is 0 Å². The second-order valence-electron chi connectivity index (χ2n) is 5.94. The van der Waals surface area contributed by atoms with Crippen molar-refractivity contribution in [2.45, 2.75) is 0 Å². The number of aromatic carboxylic acids is 2. The van der Waals surface area contributed by atoms with Gasteiger partial charge >= 0.3 is 31.4 Å². The number of benzene rings is 4. The monoisotopic (exact) mass is 438 g/mol. The van der Waals surface area contributed by atoms with Gasteiger partial charge in [0.1, 0.15) is 0 Å². The topological polar surface area (TPSA) is 121 Å². The van der Waals surface area contributed by atoms with E-state index in [0.717, 1.165) is 10.8 Å². The van der Waals surface area contributed by atoms with E-state index in [1.807, 2.05) is 12.1 Å². The van der Waals surface area contributed by atoms with Crippen molar-refractivity contribution in [3.63, 3.8) is 0 Å². The summed E-state index contributed by atoms with van der Waals surface area (Å²) in [6.45, 7) is 0. The Morgan fingerprint density at radius 2 is 0.931 bits per heavy atom. The fourth-order valence-electron chi connectivity index (χ4n) is 2.82. The molecule has 2 N–H and O–H groups in total. The summed E-state index contributed by atoms with van der Waals surface area (Å²) in [5.41, 5.74) is -0.354. The number of carbonyl (C=O) groups is 2. The zero-order valence-corrected chi connectivity index (χ0v) is 18.1. The van der Waals surface area contributed by atoms with Gasteiger partial charge in [-0.15, -0.1) is 0 Å². The average molecular weight is 440 g/mol. The molecule has 4 aromatic rings. The zero-order chi connectivity index (χ0) is 20.3. The van der Waals surface area contributed by atoms with Gasteiger partial charge in [-0.1, -0.05) is 72.2 Å². The minimum absolute atomic E-state index is 0. The fourth-order valence-corrected chi connectivity index (χ4v) is 2.82. The van der Waals surface area contributed by atoms with Gasteiger partial charge in [-0.3, -0.25) is 0 Å². The maximum absolute atomic E-state index is 11.6. The molecular formula is C22H14O6Zn. The summed E-state index contributed by atoms with van der Waals surface area (Å²) in [7, 11) is 0. The van der Waals surface area contributed by atoms with Gasteiger partial charge in [-0.05, 0) is 33.7 Å². The van der Waals surface area contributed by atoms with Gasteiger partial charge in [0.2, 0.25) is 0 Å². The van der Waals surface area contributed by atoms with Crippen molar-refractivity contribution in [2.24, 2.45) is 0 Å². The first kappa shape index (κ1) is 21.9. The van der Waals surface area contributed by atoms with Crippen LogP contribution in [0.1, 0.15) is 20.7 Å². The standard InChI is InChI=1S/2C11H8O3.Zn/c2*12-10-8-4-2-1-3-7(8)5-6-9(10)11(13)14;/h2*1-6,12H,(H,13,14);/q;;+2/p-2. The van der Waals surface area contributed by atoms with E-state index in [4.69, 9.17) is 10.2 Å². The van der Waals surface area contributed by atoms with E-state index < -0.39 is 23.4 Å². The summed E-state index contributed by atoms with van der Waals surface area (Å²) in [5.74, 6) is -3.20. The Morgan fingerprint density at radius 3 is 1.28 bits per heavy atom. The Bertz CT molecular complexity index is 1110. The molecule has 0 aliphatic carbocycles. The molecule has 0 radical (unpaired) electrons. The minimum atomic E-state index is -1.18. The number of carboxylic acids is 2. The maximum atomic E-state index is 11.6. The van der Waals surface area contributed by atoms with Crippen LogP contribution in [0.25, 0.3) is 21.5 Å². The van der Waals surface area contributed by atoms with Crippen molar-refractivity contribution in [1.29, 1.82) is 0 Å². The molecule has 140 valence electrons. The van der Waals surface area contributed by atoms with Gasteiger partial charge in [0, 0.05) is 0 Å². The quantitative estimate of drug-likeness (QED) is 0.463. The van der Waals surface area contributed by atoms with Crippen LogP contribution in [-0.2, 0) is 19.5 Å². The van der Waals surface area contributed by atoms with Gasteiger partial charge in [0.25, 0.3) is 0 Å². The average Bonchev–Trinajstić information content (AvgIpc) is 2.69. The van der Waals surface area contributed by atoms with Crippen LogP contribution in [0.4, 0.5) is 0 Å². The van der Waals surface area contributed by atoms with Gasteiger partial charge in [0.15, 0.2) is 0 Å². The SMILES string of the molecule is O=C(O)c1ccc2ccccc2c1[O-].O=C(O)c1ccc2ccccc2c1[O-].[Zn+2]. The van der Waals surface area contributed by atoms with Crippen molar-refractivity contribution < 1.29 is 49.5 Å². The first-order valence-corrected chi connectivity index (χ1v) is 8.24. The fraction of sp³-hybridized carbons (Fsp3) is 0. The predicted molar refractivity (Wildman–Crippen MR) is 101 cm³/mol. The number of rotatable bonds is 2. The molecular weight excluding hydrogens is 426 g/mol. The third kappa shape index (κ3) is 4.53. The van der Waals surface area contributed by atoms with Crippen molar-refractivity contribution in [2.75, 3.05) is 0 Å². The largest absolute Gasteiger partial charge is 2.00 e. The molecule has 0 aromatic heterocycles. The molecule has 0 saturated heterocycles. The van der Waals surface area contributed by atoms with Crippen molar-refractivity contribution in [3.05, 3.63) is 83.9 Å². The van der Waals surface area contributed by atoms with Gasteiger partial charge < -0.3 is 20.4 Å². The van der Waals surface area contributed by atoms with Crippen LogP contribution >= 0.6 is 0 Å². The summed E-state index contributed by atoms with van der Waals surface area (Å²) in [6, 6.07) is 19.8. The Kier molecular flexibility index (Phi) is 6.91. The van der Waals surface area contributed by atoms with Gasteiger partial charge in [-0.25, -0.2) is 9.59 Å². The van der Waals surface area contributed by atoms with Crippen molar-refractivity contribution in [3.8, 4) is 11.5 Å². The molecule has 29 heavy (non-hydrogen) atoms. The van der Waals surface area contributed by atoms with Crippen molar-refractivity contribution >= 4 is 33.5 Å². The molecule has 0 fully saturated rings. The summed E-state index contributed by atoms with van der Waals surface area (Å²) < 4.78 is 0. The minimum Gasteiger partial charge on any atom is -0.871 e. The molecule has 4 aromatic carbocycles. The zero-order valence-electron chi connectivity index (χ0n) is 15.2. The van der Waals surface area contributed by atoms with Crippen LogP contribution < -0.4 is 10.2 Å². The van der Waals surface area contributed by atoms with Crippen LogP contribution in [0.5, 0.6) is 11.5 Å². The first-order valence-electron chi connectivity index (χ1n) is 8.24. The smallest absolute Gasteiger partial charge is 0.871 e. The van der Waals surface area contributed by atoms with Crippen LogP contribution in [0.15, 0.2) is 72.8 Å². The van der Waals surface area contributed by atoms with E-state index in [2.05, 4.69) is 0 Å². The molecule has 0 aliphatic rings. The maximum Gasteiger partial charge on any atom is 2.00 e. The van der Waals surface area contributed by atoms with Crippen molar-refractivity contribution in [1.82, 2.24) is 0 Å². The van der Waals surface area contributed by atoms with E-state index in [9.17, 15) is 19.8 Å². The number of carboxylic acid groups (broad SMARTS) is 2. The molecule has 0 atom stereocenters. The van der Waals surface area contributed by atoms with E-state index in [1.54, 1.807) is 48.5 Å². The van der Waals surface area contributed by atoms with E-state index in [1.165, 1.54) is 12.1 Å². The Morgan fingerprint density at radius 1 is 0.586 bits per heavy atom. The Hall–Kier alpha value is -3.44. The second-order valence-corrected chi connectivity index (χ2v) is 5.94. The van der Waals surface area contributed by atoms with Crippen LogP contribution in [0.3, 0.4) is 0 Å².